The highest BCUT2D eigenvalue weighted by molar-refractivity contribution is 5.94. The van der Waals surface area contributed by atoms with Gasteiger partial charge in [0.25, 0.3) is 0 Å². The molecule has 6 aromatic rings. The Labute approximate surface area is 210 Å². The van der Waals surface area contributed by atoms with Gasteiger partial charge in [-0.05, 0) is 44.0 Å². The average Bonchev–Trinajstić information content (AvgIpc) is 3.60. The van der Waals surface area contributed by atoms with Crippen LogP contribution in [0, 0.1) is 12.8 Å². The molecule has 1 saturated carbocycles. The minimum absolute atomic E-state index is 0.0504. The summed E-state index contributed by atoms with van der Waals surface area (Å²) in [5, 5.41) is 10.5. The number of rotatable bonds is 5. The van der Waals surface area contributed by atoms with Crippen LogP contribution in [0.15, 0.2) is 55.4 Å². The fourth-order valence-corrected chi connectivity index (χ4v) is 4.56. The number of amides is 1. The number of H-pyrrole nitrogens is 2. The second-order valence-corrected chi connectivity index (χ2v) is 9.28. The number of carbonyl (C=O) groups is 1. The number of aryl methyl sites for hydroxylation is 1. The smallest absolute Gasteiger partial charge is 0.227 e. The van der Waals surface area contributed by atoms with Crippen molar-refractivity contribution in [3.8, 4) is 28.5 Å². The summed E-state index contributed by atoms with van der Waals surface area (Å²) in [5.74, 6) is 0.708. The summed E-state index contributed by atoms with van der Waals surface area (Å²) >= 11 is 0. The van der Waals surface area contributed by atoms with Crippen LogP contribution in [0.3, 0.4) is 0 Å². The standard InChI is InChI=1S/C26H22N10O/c1-14-12-36(13-29-14)20-7-8-28-24-22(20)32-25(33-24)23-21-19(34-35-23)6-5-18(31-21)16-9-17(11-27-10-16)30-26(37)15-3-2-4-15/h5-13,15H,2-4H2,1H3,(H,30,37)(H,34,35)(H,28,32,33). The first kappa shape index (κ1) is 21.4. The van der Waals surface area contributed by atoms with E-state index < -0.39 is 0 Å². The number of nitrogens with zero attached hydrogens (tertiary/aromatic N) is 7. The van der Waals surface area contributed by atoms with Crippen molar-refractivity contribution in [2.24, 2.45) is 5.92 Å². The summed E-state index contributed by atoms with van der Waals surface area (Å²) < 4.78 is 1.92. The first-order valence-electron chi connectivity index (χ1n) is 12.1. The molecule has 0 saturated heterocycles. The Morgan fingerprint density at radius 3 is 2.84 bits per heavy atom. The number of aromatic amines is 2. The molecule has 3 N–H and O–H groups in total. The highest BCUT2D eigenvalue weighted by Crippen LogP contribution is 2.30. The topological polar surface area (TPSA) is 143 Å². The van der Waals surface area contributed by atoms with Crippen LogP contribution in [-0.4, -0.2) is 50.6 Å². The molecule has 1 aliphatic carbocycles. The molecule has 11 heteroatoms. The van der Waals surface area contributed by atoms with E-state index in [0.29, 0.717) is 39.6 Å². The Morgan fingerprint density at radius 2 is 2.03 bits per heavy atom. The van der Waals surface area contributed by atoms with Gasteiger partial charge in [-0.1, -0.05) is 6.42 Å². The van der Waals surface area contributed by atoms with E-state index >= 15 is 0 Å². The first-order chi connectivity index (χ1) is 18.1. The lowest BCUT2D eigenvalue weighted by molar-refractivity contribution is -0.122. The third-order valence-corrected chi connectivity index (χ3v) is 6.76. The van der Waals surface area contributed by atoms with Crippen LogP contribution < -0.4 is 5.32 Å². The first-order valence-corrected chi connectivity index (χ1v) is 12.1. The SMILES string of the molecule is Cc1cn(-c2ccnc3[nH]c(-c4n[nH]c5ccc(-c6cncc(NC(=O)C7CCC7)c6)nc45)nc23)cn1. The van der Waals surface area contributed by atoms with Crippen LogP contribution in [-0.2, 0) is 4.79 Å². The molecular formula is C26H22N10O. The van der Waals surface area contributed by atoms with E-state index in [1.165, 1.54) is 0 Å². The number of anilines is 1. The minimum atomic E-state index is 0.0504. The van der Waals surface area contributed by atoms with Gasteiger partial charge in [-0.3, -0.25) is 14.9 Å². The Kier molecular flexibility index (Phi) is 4.81. The molecular weight excluding hydrogens is 468 g/mol. The van der Waals surface area contributed by atoms with E-state index in [0.717, 1.165) is 41.7 Å². The molecule has 0 bridgehead atoms. The van der Waals surface area contributed by atoms with Crippen LogP contribution >= 0.6 is 0 Å². The van der Waals surface area contributed by atoms with Crippen molar-refractivity contribution < 1.29 is 4.79 Å². The third-order valence-electron chi connectivity index (χ3n) is 6.76. The molecule has 7 rings (SSSR count). The number of carbonyl (C=O) groups excluding carboxylic acids is 1. The number of nitrogens with one attached hydrogen (secondary N) is 3. The van der Waals surface area contributed by atoms with Crippen LogP contribution in [0.4, 0.5) is 5.69 Å². The van der Waals surface area contributed by atoms with Crippen molar-refractivity contribution >= 4 is 33.8 Å². The molecule has 0 aromatic carbocycles. The van der Waals surface area contributed by atoms with Crippen LogP contribution in [0.2, 0.25) is 0 Å². The summed E-state index contributed by atoms with van der Waals surface area (Å²) in [6, 6.07) is 7.62. The molecule has 0 unspecified atom stereocenters. The summed E-state index contributed by atoms with van der Waals surface area (Å²) in [4.78, 5) is 38.5. The van der Waals surface area contributed by atoms with Crippen molar-refractivity contribution in [1.29, 1.82) is 0 Å². The summed E-state index contributed by atoms with van der Waals surface area (Å²) in [7, 11) is 0. The predicted octanol–water partition coefficient (Wildman–Crippen LogP) is 4.19. The van der Waals surface area contributed by atoms with Gasteiger partial charge in [-0.15, -0.1) is 0 Å². The van der Waals surface area contributed by atoms with Gasteiger partial charge >= 0.3 is 0 Å². The molecule has 0 radical (unpaired) electrons. The van der Waals surface area contributed by atoms with Crippen LogP contribution in [0.5, 0.6) is 0 Å². The zero-order valence-electron chi connectivity index (χ0n) is 19.9. The highest BCUT2D eigenvalue weighted by atomic mass is 16.1. The maximum atomic E-state index is 12.4. The summed E-state index contributed by atoms with van der Waals surface area (Å²) in [6.45, 7) is 1.94. The van der Waals surface area contributed by atoms with Crippen molar-refractivity contribution in [2.45, 2.75) is 26.2 Å². The number of hydrogen-bond acceptors (Lipinski definition) is 7. The molecule has 0 spiro atoms. The highest BCUT2D eigenvalue weighted by Gasteiger charge is 2.25. The number of hydrogen-bond donors (Lipinski definition) is 3. The molecule has 0 atom stereocenters. The lowest BCUT2D eigenvalue weighted by Gasteiger charge is -2.24. The number of aromatic nitrogens is 9. The summed E-state index contributed by atoms with van der Waals surface area (Å²) in [5.41, 5.74) is 7.34. The lowest BCUT2D eigenvalue weighted by atomic mass is 9.85. The maximum Gasteiger partial charge on any atom is 0.227 e. The average molecular weight is 491 g/mol. The zero-order chi connectivity index (χ0) is 24.9. The van der Waals surface area contributed by atoms with Gasteiger partial charge in [-0.25, -0.2) is 19.9 Å². The minimum Gasteiger partial charge on any atom is -0.324 e. The van der Waals surface area contributed by atoms with Gasteiger partial charge in [0.2, 0.25) is 5.91 Å². The summed E-state index contributed by atoms with van der Waals surface area (Å²) in [6.07, 6.45) is 11.8. The number of imidazole rings is 2. The van der Waals surface area contributed by atoms with E-state index in [2.05, 4.69) is 35.5 Å². The molecule has 6 aromatic heterocycles. The van der Waals surface area contributed by atoms with Crippen molar-refractivity contribution in [1.82, 2.24) is 44.7 Å². The fraction of sp³-hybridized carbons (Fsp3) is 0.192. The fourth-order valence-electron chi connectivity index (χ4n) is 4.56. The van der Waals surface area contributed by atoms with Crippen LogP contribution in [0.1, 0.15) is 25.0 Å². The molecule has 11 nitrogen and oxygen atoms in total. The maximum absolute atomic E-state index is 12.4. The molecule has 0 aliphatic heterocycles. The Hall–Kier alpha value is -4.93. The van der Waals surface area contributed by atoms with Crippen molar-refractivity contribution in [3.05, 3.63) is 61.1 Å². The molecule has 6 heterocycles. The Morgan fingerprint density at radius 1 is 1.11 bits per heavy atom. The van der Waals surface area contributed by atoms with Crippen LogP contribution in [0.25, 0.3) is 50.7 Å². The quantitative estimate of drug-likeness (QED) is 0.329. The van der Waals surface area contributed by atoms with Gasteiger partial charge in [0.1, 0.15) is 11.0 Å². The molecule has 1 aliphatic rings. The van der Waals surface area contributed by atoms with E-state index in [9.17, 15) is 4.79 Å². The predicted molar refractivity (Wildman–Crippen MR) is 138 cm³/mol. The normalized spacial score (nSPS) is 13.8. The third kappa shape index (κ3) is 3.71. The number of fused-ring (bicyclic) bond motifs is 2. The Balaban J connectivity index is 1.26. The second kappa shape index (κ2) is 8.33. The molecule has 1 fully saturated rings. The van der Waals surface area contributed by atoms with Gasteiger partial charge < -0.3 is 14.9 Å². The molecule has 1 amide bonds. The monoisotopic (exact) mass is 490 g/mol. The zero-order valence-corrected chi connectivity index (χ0v) is 19.9. The lowest BCUT2D eigenvalue weighted by Crippen LogP contribution is -2.28. The largest absolute Gasteiger partial charge is 0.324 e. The van der Waals surface area contributed by atoms with E-state index in [-0.39, 0.29) is 11.8 Å². The van der Waals surface area contributed by atoms with Crippen molar-refractivity contribution in [3.63, 3.8) is 0 Å². The second-order valence-electron chi connectivity index (χ2n) is 9.28. The van der Waals surface area contributed by atoms with Gasteiger partial charge in [-0.2, -0.15) is 5.10 Å². The number of pyridine rings is 3. The van der Waals surface area contributed by atoms with E-state index in [4.69, 9.17) is 9.97 Å². The van der Waals surface area contributed by atoms with E-state index in [1.54, 1.807) is 24.9 Å². The van der Waals surface area contributed by atoms with Gasteiger partial charge in [0, 0.05) is 30.1 Å². The van der Waals surface area contributed by atoms with E-state index in [1.807, 2.05) is 42.0 Å². The molecule has 37 heavy (non-hydrogen) atoms. The molecule has 182 valence electrons. The Bertz CT molecular complexity index is 1790. The van der Waals surface area contributed by atoms with Gasteiger partial charge in [0.05, 0.1) is 40.8 Å². The van der Waals surface area contributed by atoms with Crippen molar-refractivity contribution in [2.75, 3.05) is 5.32 Å². The van der Waals surface area contributed by atoms with Gasteiger partial charge in [0.15, 0.2) is 17.2 Å².